The van der Waals surface area contributed by atoms with E-state index in [1.807, 2.05) is 37.4 Å². The maximum atomic E-state index is 5.49. The lowest BCUT2D eigenvalue weighted by Gasteiger charge is -2.04. The van der Waals surface area contributed by atoms with E-state index >= 15 is 0 Å². The highest BCUT2D eigenvalue weighted by molar-refractivity contribution is 5.89. The molecular formula is C18H17N5O. The summed E-state index contributed by atoms with van der Waals surface area (Å²) in [5.41, 5.74) is 4.73. The van der Waals surface area contributed by atoms with E-state index in [0.717, 1.165) is 22.2 Å². The summed E-state index contributed by atoms with van der Waals surface area (Å²) in [6, 6.07) is 14.0. The van der Waals surface area contributed by atoms with Crippen LogP contribution in [0.15, 0.2) is 47.0 Å². The number of aryl methyl sites for hydroxylation is 1. The fraction of sp³-hybridized carbons (Fsp3) is 0.222. The minimum Gasteiger partial charge on any atom is -0.334 e. The molecule has 6 heteroatoms. The molecule has 2 heterocycles. The standard InChI is InChI=1S/C18H17N5O/c1-11(2)12-7-9-13(10-8-12)17-19-18(24-21-17)14-5-4-6-15-16(14)23(3)22-20-15/h4-11H,1-3H3. The lowest BCUT2D eigenvalue weighted by molar-refractivity contribution is 0.432. The topological polar surface area (TPSA) is 69.6 Å². The molecule has 2 aromatic heterocycles. The van der Waals surface area contributed by atoms with Crippen LogP contribution in [0.1, 0.15) is 25.3 Å². The fourth-order valence-electron chi connectivity index (χ4n) is 2.75. The van der Waals surface area contributed by atoms with Gasteiger partial charge in [0.15, 0.2) is 0 Å². The molecule has 0 atom stereocenters. The van der Waals surface area contributed by atoms with Crippen LogP contribution in [0, 0.1) is 0 Å². The molecule has 0 radical (unpaired) electrons. The number of para-hydroxylation sites is 1. The van der Waals surface area contributed by atoms with Crippen molar-refractivity contribution in [3.63, 3.8) is 0 Å². The molecule has 4 aromatic rings. The highest BCUT2D eigenvalue weighted by atomic mass is 16.5. The van der Waals surface area contributed by atoms with Gasteiger partial charge in [0.05, 0.1) is 5.56 Å². The predicted octanol–water partition coefficient (Wildman–Crippen LogP) is 3.81. The average Bonchev–Trinajstić information content (AvgIpc) is 3.22. The van der Waals surface area contributed by atoms with Crippen LogP contribution in [-0.4, -0.2) is 25.1 Å². The zero-order chi connectivity index (χ0) is 16.7. The first-order chi connectivity index (χ1) is 11.6. The van der Waals surface area contributed by atoms with Gasteiger partial charge in [-0.2, -0.15) is 4.98 Å². The van der Waals surface area contributed by atoms with Crippen molar-refractivity contribution in [3.8, 4) is 22.8 Å². The van der Waals surface area contributed by atoms with Crippen LogP contribution < -0.4 is 0 Å². The largest absolute Gasteiger partial charge is 0.334 e. The molecule has 0 aliphatic heterocycles. The van der Waals surface area contributed by atoms with Gasteiger partial charge in [-0.15, -0.1) is 5.10 Å². The first-order valence-electron chi connectivity index (χ1n) is 7.86. The van der Waals surface area contributed by atoms with Crippen LogP contribution in [0.25, 0.3) is 33.9 Å². The monoisotopic (exact) mass is 319 g/mol. The maximum absolute atomic E-state index is 5.49. The summed E-state index contributed by atoms with van der Waals surface area (Å²) in [4.78, 5) is 4.55. The van der Waals surface area contributed by atoms with E-state index in [2.05, 4.69) is 46.4 Å². The summed E-state index contributed by atoms with van der Waals surface area (Å²) < 4.78 is 7.20. The van der Waals surface area contributed by atoms with Gasteiger partial charge in [0.2, 0.25) is 5.82 Å². The molecule has 24 heavy (non-hydrogen) atoms. The number of hydrogen-bond donors (Lipinski definition) is 0. The van der Waals surface area contributed by atoms with Crippen molar-refractivity contribution in [1.29, 1.82) is 0 Å². The smallest absolute Gasteiger partial charge is 0.260 e. The van der Waals surface area contributed by atoms with Crippen molar-refractivity contribution in [2.45, 2.75) is 19.8 Å². The van der Waals surface area contributed by atoms with Crippen LogP contribution in [0.4, 0.5) is 0 Å². The van der Waals surface area contributed by atoms with Crippen molar-refractivity contribution in [2.75, 3.05) is 0 Å². The lowest BCUT2D eigenvalue weighted by Crippen LogP contribution is -1.92. The van der Waals surface area contributed by atoms with Crippen LogP contribution in [0.3, 0.4) is 0 Å². The van der Waals surface area contributed by atoms with Gasteiger partial charge in [-0.05, 0) is 23.6 Å². The predicted molar refractivity (Wildman–Crippen MR) is 91.3 cm³/mol. The number of fused-ring (bicyclic) bond motifs is 1. The third-order valence-corrected chi connectivity index (χ3v) is 4.12. The summed E-state index contributed by atoms with van der Waals surface area (Å²) in [6.07, 6.45) is 0. The molecule has 0 N–H and O–H groups in total. The zero-order valence-electron chi connectivity index (χ0n) is 13.8. The minimum absolute atomic E-state index is 0.467. The Labute approximate surface area is 139 Å². The Morgan fingerprint density at radius 1 is 1.04 bits per heavy atom. The van der Waals surface area contributed by atoms with E-state index < -0.39 is 0 Å². The van der Waals surface area contributed by atoms with E-state index in [0.29, 0.717) is 17.6 Å². The maximum Gasteiger partial charge on any atom is 0.260 e. The molecule has 0 aliphatic rings. The van der Waals surface area contributed by atoms with Gasteiger partial charge in [-0.1, -0.05) is 54.5 Å². The van der Waals surface area contributed by atoms with Crippen LogP contribution in [0.5, 0.6) is 0 Å². The van der Waals surface area contributed by atoms with Gasteiger partial charge in [0.1, 0.15) is 11.0 Å². The number of nitrogens with zero attached hydrogens (tertiary/aromatic N) is 5. The molecule has 0 unspecified atom stereocenters. The van der Waals surface area contributed by atoms with Crippen molar-refractivity contribution < 1.29 is 4.52 Å². The van der Waals surface area contributed by atoms with Gasteiger partial charge < -0.3 is 4.52 Å². The molecule has 0 bridgehead atoms. The first kappa shape index (κ1) is 14.6. The number of hydrogen-bond acceptors (Lipinski definition) is 5. The summed E-state index contributed by atoms with van der Waals surface area (Å²) in [5.74, 6) is 1.54. The lowest BCUT2D eigenvalue weighted by atomic mass is 10.0. The number of aromatic nitrogens is 5. The second kappa shape index (κ2) is 5.56. The Balaban J connectivity index is 1.75. The molecule has 0 aliphatic carbocycles. The molecule has 0 amide bonds. The Morgan fingerprint density at radius 2 is 1.83 bits per heavy atom. The molecule has 0 saturated carbocycles. The molecule has 120 valence electrons. The fourth-order valence-corrected chi connectivity index (χ4v) is 2.75. The number of benzene rings is 2. The number of rotatable bonds is 3. The SMILES string of the molecule is CC(C)c1ccc(-c2noc(-c3cccc4nnn(C)c34)n2)cc1. The molecule has 0 saturated heterocycles. The van der Waals surface area contributed by atoms with Crippen molar-refractivity contribution in [2.24, 2.45) is 7.05 Å². The first-order valence-corrected chi connectivity index (χ1v) is 7.86. The Bertz CT molecular complexity index is 998. The van der Waals surface area contributed by atoms with E-state index in [-0.39, 0.29) is 0 Å². The summed E-state index contributed by atoms with van der Waals surface area (Å²) in [7, 11) is 1.85. The second-order valence-corrected chi connectivity index (χ2v) is 6.09. The van der Waals surface area contributed by atoms with E-state index in [9.17, 15) is 0 Å². The van der Waals surface area contributed by atoms with Gasteiger partial charge in [0, 0.05) is 12.6 Å². The molecule has 0 spiro atoms. The third kappa shape index (κ3) is 2.36. The normalized spacial score (nSPS) is 11.5. The molecule has 6 nitrogen and oxygen atoms in total. The van der Waals surface area contributed by atoms with Gasteiger partial charge in [-0.3, -0.25) is 0 Å². The van der Waals surface area contributed by atoms with Crippen molar-refractivity contribution in [3.05, 3.63) is 48.0 Å². The molecule has 4 rings (SSSR count). The third-order valence-electron chi connectivity index (χ3n) is 4.12. The quantitative estimate of drug-likeness (QED) is 0.574. The Kier molecular flexibility index (Phi) is 3.37. The molecule has 2 aromatic carbocycles. The molecular weight excluding hydrogens is 302 g/mol. The summed E-state index contributed by atoms with van der Waals surface area (Å²) >= 11 is 0. The summed E-state index contributed by atoms with van der Waals surface area (Å²) in [5, 5.41) is 12.3. The Hall–Kier alpha value is -3.02. The zero-order valence-corrected chi connectivity index (χ0v) is 13.8. The highest BCUT2D eigenvalue weighted by Crippen LogP contribution is 2.28. The highest BCUT2D eigenvalue weighted by Gasteiger charge is 2.16. The van der Waals surface area contributed by atoms with Gasteiger partial charge in [-0.25, -0.2) is 4.68 Å². The van der Waals surface area contributed by atoms with E-state index in [1.165, 1.54) is 5.56 Å². The van der Waals surface area contributed by atoms with Crippen molar-refractivity contribution in [1.82, 2.24) is 25.1 Å². The summed E-state index contributed by atoms with van der Waals surface area (Å²) in [6.45, 7) is 4.34. The second-order valence-electron chi connectivity index (χ2n) is 6.09. The van der Waals surface area contributed by atoms with Gasteiger partial charge in [0.25, 0.3) is 5.89 Å². The van der Waals surface area contributed by atoms with Crippen LogP contribution >= 0.6 is 0 Å². The van der Waals surface area contributed by atoms with E-state index in [4.69, 9.17) is 4.52 Å². The minimum atomic E-state index is 0.467. The van der Waals surface area contributed by atoms with Gasteiger partial charge >= 0.3 is 0 Å². The molecule has 0 fully saturated rings. The van der Waals surface area contributed by atoms with E-state index in [1.54, 1.807) is 4.68 Å². The van der Waals surface area contributed by atoms with Crippen LogP contribution in [-0.2, 0) is 7.05 Å². The average molecular weight is 319 g/mol. The van der Waals surface area contributed by atoms with Crippen LogP contribution in [0.2, 0.25) is 0 Å². The Morgan fingerprint density at radius 3 is 2.58 bits per heavy atom. The van der Waals surface area contributed by atoms with Crippen molar-refractivity contribution >= 4 is 11.0 Å².